The summed E-state index contributed by atoms with van der Waals surface area (Å²) in [6.45, 7) is 0.774. The summed E-state index contributed by atoms with van der Waals surface area (Å²) in [5, 5.41) is 12.2. The predicted octanol–water partition coefficient (Wildman–Crippen LogP) is 1.59. The van der Waals surface area contributed by atoms with Gasteiger partial charge in [0.15, 0.2) is 0 Å². The summed E-state index contributed by atoms with van der Waals surface area (Å²) >= 11 is 1.75. The van der Waals surface area contributed by atoms with E-state index in [4.69, 9.17) is 5.11 Å². The van der Waals surface area contributed by atoms with Crippen molar-refractivity contribution in [3.05, 3.63) is 30.3 Å². The van der Waals surface area contributed by atoms with Crippen LogP contribution in [-0.2, 0) is 4.79 Å². The fourth-order valence-corrected chi connectivity index (χ4v) is 2.84. The van der Waals surface area contributed by atoms with E-state index in [2.05, 4.69) is 17.4 Å². The molecule has 0 aromatic heterocycles. The maximum atomic E-state index is 10.7. The molecule has 0 radical (unpaired) electrons. The molecule has 0 bridgehead atoms. The molecule has 2 atom stereocenters. The summed E-state index contributed by atoms with van der Waals surface area (Å²) in [5.74, 6) is -0.744. The first-order chi connectivity index (χ1) is 7.25. The molecule has 3 nitrogen and oxygen atoms in total. The van der Waals surface area contributed by atoms with Crippen molar-refractivity contribution in [2.24, 2.45) is 0 Å². The average molecular weight is 223 g/mol. The zero-order valence-corrected chi connectivity index (χ0v) is 9.04. The van der Waals surface area contributed by atoms with Crippen LogP contribution in [0.15, 0.2) is 35.2 Å². The molecule has 2 rings (SSSR count). The van der Waals surface area contributed by atoms with Crippen molar-refractivity contribution in [2.45, 2.75) is 22.6 Å². The molecule has 1 saturated heterocycles. The number of hydrogen-bond donors (Lipinski definition) is 2. The Kier molecular flexibility index (Phi) is 3.28. The number of benzene rings is 1. The fourth-order valence-electron chi connectivity index (χ4n) is 1.67. The van der Waals surface area contributed by atoms with Crippen molar-refractivity contribution in [2.75, 3.05) is 6.54 Å². The number of thioether (sulfide) groups is 1. The van der Waals surface area contributed by atoms with Crippen LogP contribution >= 0.6 is 11.8 Å². The fraction of sp³-hybridized carbons (Fsp3) is 0.364. The molecule has 1 heterocycles. The molecule has 1 aliphatic heterocycles. The third-order valence-corrected chi connectivity index (χ3v) is 3.67. The monoisotopic (exact) mass is 223 g/mol. The van der Waals surface area contributed by atoms with Gasteiger partial charge in [-0.1, -0.05) is 18.2 Å². The average Bonchev–Trinajstić information content (AvgIpc) is 2.68. The van der Waals surface area contributed by atoms with Crippen molar-refractivity contribution in [1.82, 2.24) is 5.32 Å². The number of hydrogen-bond acceptors (Lipinski definition) is 3. The first-order valence-electron chi connectivity index (χ1n) is 4.93. The van der Waals surface area contributed by atoms with Gasteiger partial charge in [0.2, 0.25) is 0 Å². The van der Waals surface area contributed by atoms with Crippen LogP contribution in [0.4, 0.5) is 0 Å². The van der Waals surface area contributed by atoms with E-state index in [1.807, 2.05) is 18.2 Å². The number of rotatable bonds is 3. The minimum atomic E-state index is -0.744. The van der Waals surface area contributed by atoms with Crippen LogP contribution in [-0.4, -0.2) is 28.9 Å². The van der Waals surface area contributed by atoms with Crippen LogP contribution in [0.1, 0.15) is 6.42 Å². The van der Waals surface area contributed by atoms with Crippen molar-refractivity contribution < 1.29 is 9.90 Å². The molecule has 2 unspecified atom stereocenters. The van der Waals surface area contributed by atoms with E-state index in [-0.39, 0.29) is 6.04 Å². The van der Waals surface area contributed by atoms with E-state index in [1.54, 1.807) is 11.8 Å². The highest BCUT2D eigenvalue weighted by atomic mass is 32.2. The third-order valence-electron chi connectivity index (χ3n) is 2.43. The second kappa shape index (κ2) is 4.68. The smallest absolute Gasteiger partial charge is 0.320 e. The number of nitrogens with one attached hydrogen (secondary N) is 1. The van der Waals surface area contributed by atoms with Crippen LogP contribution in [0, 0.1) is 0 Å². The van der Waals surface area contributed by atoms with Crippen LogP contribution in [0.2, 0.25) is 0 Å². The van der Waals surface area contributed by atoms with Gasteiger partial charge in [-0.3, -0.25) is 4.79 Å². The van der Waals surface area contributed by atoms with E-state index < -0.39 is 5.97 Å². The van der Waals surface area contributed by atoms with Gasteiger partial charge in [0.25, 0.3) is 0 Å². The molecule has 0 amide bonds. The van der Waals surface area contributed by atoms with Gasteiger partial charge < -0.3 is 10.4 Å². The second-order valence-corrected chi connectivity index (χ2v) is 4.96. The van der Waals surface area contributed by atoms with Gasteiger partial charge >= 0.3 is 5.97 Å². The van der Waals surface area contributed by atoms with Gasteiger partial charge in [0.1, 0.15) is 6.04 Å². The Morgan fingerprint density at radius 3 is 2.73 bits per heavy atom. The Bertz CT molecular complexity index is 342. The molecule has 80 valence electrons. The summed E-state index contributed by atoms with van der Waals surface area (Å²) in [5.41, 5.74) is 0. The lowest BCUT2D eigenvalue weighted by Crippen LogP contribution is -2.29. The maximum absolute atomic E-state index is 10.7. The number of carboxylic acid groups (broad SMARTS) is 1. The minimum absolute atomic E-state index is 0.369. The number of carboxylic acids is 1. The molecule has 1 aromatic carbocycles. The third kappa shape index (κ3) is 2.73. The summed E-state index contributed by atoms with van der Waals surface area (Å²) in [6, 6.07) is 9.72. The normalized spacial score (nSPS) is 25.3. The zero-order valence-electron chi connectivity index (χ0n) is 8.22. The quantitative estimate of drug-likeness (QED) is 0.817. The SMILES string of the molecule is O=C(O)C1CC(Sc2ccccc2)CN1. The van der Waals surface area contributed by atoms with Crippen LogP contribution < -0.4 is 5.32 Å². The van der Waals surface area contributed by atoms with E-state index in [0.717, 1.165) is 6.54 Å². The molecule has 1 aromatic rings. The van der Waals surface area contributed by atoms with Crippen molar-refractivity contribution >= 4 is 17.7 Å². The first-order valence-corrected chi connectivity index (χ1v) is 5.81. The molecule has 0 saturated carbocycles. The molecular formula is C11H13NO2S. The highest BCUT2D eigenvalue weighted by molar-refractivity contribution is 8.00. The Hall–Kier alpha value is -1.00. The molecule has 0 aliphatic carbocycles. The summed E-state index contributed by atoms with van der Waals surface area (Å²) in [7, 11) is 0. The van der Waals surface area contributed by atoms with E-state index in [1.165, 1.54) is 4.90 Å². The Morgan fingerprint density at radius 1 is 1.40 bits per heavy atom. The van der Waals surface area contributed by atoms with Crippen LogP contribution in [0.5, 0.6) is 0 Å². The van der Waals surface area contributed by atoms with Crippen LogP contribution in [0.25, 0.3) is 0 Å². The lowest BCUT2D eigenvalue weighted by molar-refractivity contribution is -0.139. The second-order valence-electron chi connectivity index (χ2n) is 3.59. The molecule has 15 heavy (non-hydrogen) atoms. The largest absolute Gasteiger partial charge is 0.480 e. The number of aliphatic carboxylic acids is 1. The topological polar surface area (TPSA) is 49.3 Å². The molecule has 1 aliphatic rings. The van der Waals surface area contributed by atoms with Gasteiger partial charge in [0, 0.05) is 16.7 Å². The van der Waals surface area contributed by atoms with Crippen molar-refractivity contribution in [3.63, 3.8) is 0 Å². The lowest BCUT2D eigenvalue weighted by Gasteiger charge is -2.07. The first kappa shape index (κ1) is 10.5. The van der Waals surface area contributed by atoms with Gasteiger partial charge in [-0.15, -0.1) is 11.8 Å². The molecule has 0 spiro atoms. The summed E-state index contributed by atoms with van der Waals surface area (Å²) < 4.78 is 0. The summed E-state index contributed by atoms with van der Waals surface area (Å²) in [6.07, 6.45) is 0.703. The highest BCUT2D eigenvalue weighted by Gasteiger charge is 2.29. The summed E-state index contributed by atoms with van der Waals surface area (Å²) in [4.78, 5) is 11.9. The van der Waals surface area contributed by atoms with Gasteiger partial charge in [0.05, 0.1) is 0 Å². The van der Waals surface area contributed by atoms with Crippen LogP contribution in [0.3, 0.4) is 0 Å². The van der Waals surface area contributed by atoms with Crippen molar-refractivity contribution in [3.8, 4) is 0 Å². The molecular weight excluding hydrogens is 210 g/mol. The molecule has 2 N–H and O–H groups in total. The van der Waals surface area contributed by atoms with E-state index >= 15 is 0 Å². The Labute approximate surface area is 92.9 Å². The zero-order chi connectivity index (χ0) is 10.7. The molecule has 1 fully saturated rings. The van der Waals surface area contributed by atoms with Gasteiger partial charge in [-0.05, 0) is 18.6 Å². The maximum Gasteiger partial charge on any atom is 0.320 e. The highest BCUT2D eigenvalue weighted by Crippen LogP contribution is 2.28. The minimum Gasteiger partial charge on any atom is -0.480 e. The van der Waals surface area contributed by atoms with Gasteiger partial charge in [-0.2, -0.15) is 0 Å². The number of carbonyl (C=O) groups is 1. The van der Waals surface area contributed by atoms with E-state index in [0.29, 0.717) is 11.7 Å². The van der Waals surface area contributed by atoms with Gasteiger partial charge in [-0.25, -0.2) is 0 Å². The Morgan fingerprint density at radius 2 is 2.13 bits per heavy atom. The lowest BCUT2D eigenvalue weighted by atomic mass is 10.2. The van der Waals surface area contributed by atoms with E-state index in [9.17, 15) is 4.79 Å². The molecule has 4 heteroatoms. The standard InChI is InChI=1S/C11H13NO2S/c13-11(14)10-6-9(7-12-10)15-8-4-2-1-3-5-8/h1-5,9-10,12H,6-7H2,(H,13,14). The predicted molar refractivity (Wildman–Crippen MR) is 60.1 cm³/mol. The van der Waals surface area contributed by atoms with Crippen molar-refractivity contribution in [1.29, 1.82) is 0 Å². The Balaban J connectivity index is 1.90.